The number of rotatable bonds is 1. The Kier molecular flexibility index (Phi) is 3.41. The van der Waals surface area contributed by atoms with Gasteiger partial charge in [0.1, 0.15) is 6.10 Å². The number of carbonyl (C=O) groups is 2. The standard InChI is InChI=1S/C17H26O6/c1-8-6-10(22-9(2)18)12-15(3,4)7-16(5)14(20)23-13(19)11(8)17(12,16)21/h8,10-13,19,21H,6-7H2,1-5H3/t8-,10+,11-,12+,13+,16-,17-/m1/s1. The first kappa shape index (κ1) is 16.7. The van der Waals surface area contributed by atoms with Gasteiger partial charge in [-0.3, -0.25) is 9.59 Å². The summed E-state index contributed by atoms with van der Waals surface area (Å²) in [6, 6.07) is 0. The van der Waals surface area contributed by atoms with Crippen LogP contribution >= 0.6 is 0 Å². The van der Waals surface area contributed by atoms with Crippen molar-refractivity contribution in [1.82, 2.24) is 0 Å². The van der Waals surface area contributed by atoms with E-state index in [1.807, 2.05) is 20.8 Å². The first-order chi connectivity index (χ1) is 10.4. The fourth-order valence-electron chi connectivity index (χ4n) is 5.92. The number of ether oxygens (including phenoxy) is 2. The highest BCUT2D eigenvalue weighted by Gasteiger charge is 2.78. The van der Waals surface area contributed by atoms with Crippen LogP contribution < -0.4 is 0 Å². The number of hydrogen-bond acceptors (Lipinski definition) is 6. The maximum Gasteiger partial charge on any atom is 0.317 e. The molecular weight excluding hydrogens is 300 g/mol. The van der Waals surface area contributed by atoms with E-state index in [0.717, 1.165) is 0 Å². The lowest BCUT2D eigenvalue weighted by Crippen LogP contribution is -2.70. The van der Waals surface area contributed by atoms with Crippen molar-refractivity contribution in [2.24, 2.45) is 28.6 Å². The van der Waals surface area contributed by atoms with Gasteiger partial charge in [-0.15, -0.1) is 0 Å². The minimum absolute atomic E-state index is 0.142. The number of cyclic esters (lactones) is 1. The second kappa shape index (κ2) is 4.70. The molecule has 0 aromatic carbocycles. The molecule has 2 N–H and O–H groups in total. The number of aliphatic hydroxyl groups excluding tert-OH is 1. The Morgan fingerprint density at radius 1 is 1.35 bits per heavy atom. The van der Waals surface area contributed by atoms with E-state index in [-0.39, 0.29) is 5.92 Å². The van der Waals surface area contributed by atoms with E-state index >= 15 is 0 Å². The molecule has 2 aliphatic carbocycles. The zero-order chi connectivity index (χ0) is 17.4. The van der Waals surface area contributed by atoms with Gasteiger partial charge < -0.3 is 19.7 Å². The van der Waals surface area contributed by atoms with E-state index < -0.39 is 52.6 Å². The molecule has 3 rings (SSSR count). The molecule has 1 saturated heterocycles. The highest BCUT2D eigenvalue weighted by molar-refractivity contribution is 5.80. The Morgan fingerprint density at radius 3 is 2.52 bits per heavy atom. The molecule has 2 saturated carbocycles. The molecule has 7 atom stereocenters. The molecule has 1 heterocycles. The summed E-state index contributed by atoms with van der Waals surface area (Å²) in [4.78, 5) is 24.1. The fraction of sp³-hybridized carbons (Fsp3) is 0.882. The minimum atomic E-state index is -1.46. The van der Waals surface area contributed by atoms with E-state index in [4.69, 9.17) is 9.47 Å². The van der Waals surface area contributed by atoms with Gasteiger partial charge in [0.25, 0.3) is 0 Å². The third-order valence-electron chi connectivity index (χ3n) is 6.41. The third kappa shape index (κ3) is 1.94. The van der Waals surface area contributed by atoms with Gasteiger partial charge in [0.2, 0.25) is 6.29 Å². The van der Waals surface area contributed by atoms with Crippen LogP contribution in [0, 0.1) is 28.6 Å². The molecule has 23 heavy (non-hydrogen) atoms. The largest absolute Gasteiger partial charge is 0.462 e. The zero-order valence-corrected chi connectivity index (χ0v) is 14.3. The highest BCUT2D eigenvalue weighted by atomic mass is 16.6. The van der Waals surface area contributed by atoms with Crippen molar-refractivity contribution in [1.29, 1.82) is 0 Å². The average Bonchev–Trinajstić information content (AvgIpc) is 2.51. The van der Waals surface area contributed by atoms with Gasteiger partial charge in [-0.25, -0.2) is 0 Å². The smallest absolute Gasteiger partial charge is 0.317 e. The Labute approximate surface area is 136 Å². The van der Waals surface area contributed by atoms with E-state index in [1.165, 1.54) is 6.92 Å². The summed E-state index contributed by atoms with van der Waals surface area (Å²) in [5.74, 6) is -2.11. The maximum atomic E-state index is 12.5. The van der Waals surface area contributed by atoms with E-state index in [0.29, 0.717) is 12.8 Å². The van der Waals surface area contributed by atoms with Crippen LogP contribution in [0.4, 0.5) is 0 Å². The molecule has 0 unspecified atom stereocenters. The predicted molar refractivity (Wildman–Crippen MR) is 79.9 cm³/mol. The van der Waals surface area contributed by atoms with Crippen LogP contribution in [-0.2, 0) is 19.1 Å². The molecule has 0 spiro atoms. The maximum absolute atomic E-state index is 12.5. The molecule has 6 heteroatoms. The third-order valence-corrected chi connectivity index (χ3v) is 6.41. The van der Waals surface area contributed by atoms with Gasteiger partial charge in [0.05, 0.1) is 16.9 Å². The van der Waals surface area contributed by atoms with E-state index in [9.17, 15) is 19.8 Å². The normalized spacial score (nSPS) is 50.9. The number of hydrogen-bond donors (Lipinski definition) is 2. The Hall–Kier alpha value is -1.14. The van der Waals surface area contributed by atoms with Crippen LogP contribution in [0.5, 0.6) is 0 Å². The molecule has 1 aliphatic heterocycles. The van der Waals surface area contributed by atoms with Gasteiger partial charge in [-0.2, -0.15) is 0 Å². The quantitative estimate of drug-likeness (QED) is 0.704. The van der Waals surface area contributed by atoms with Crippen LogP contribution in [0.3, 0.4) is 0 Å². The van der Waals surface area contributed by atoms with E-state index in [1.54, 1.807) is 6.92 Å². The Bertz CT molecular complexity index is 557. The lowest BCUT2D eigenvalue weighted by molar-refractivity contribution is -0.296. The first-order valence-corrected chi connectivity index (χ1v) is 8.24. The van der Waals surface area contributed by atoms with Gasteiger partial charge in [-0.05, 0) is 31.1 Å². The Balaban J connectivity index is 2.17. The lowest BCUT2D eigenvalue weighted by atomic mass is 9.54. The molecule has 3 aliphatic rings. The average molecular weight is 326 g/mol. The summed E-state index contributed by atoms with van der Waals surface area (Å²) >= 11 is 0. The summed E-state index contributed by atoms with van der Waals surface area (Å²) in [5.41, 5.74) is -2.99. The number of esters is 2. The number of aliphatic hydroxyl groups is 2. The zero-order valence-electron chi connectivity index (χ0n) is 14.3. The Morgan fingerprint density at radius 2 is 1.96 bits per heavy atom. The van der Waals surface area contributed by atoms with Crippen molar-refractivity contribution >= 4 is 11.9 Å². The molecule has 0 radical (unpaired) electrons. The summed E-state index contributed by atoms with van der Waals surface area (Å²) in [7, 11) is 0. The summed E-state index contributed by atoms with van der Waals surface area (Å²) in [5, 5.41) is 22.0. The monoisotopic (exact) mass is 326 g/mol. The van der Waals surface area contributed by atoms with Crippen molar-refractivity contribution < 1.29 is 29.3 Å². The van der Waals surface area contributed by atoms with Crippen LogP contribution in [0.2, 0.25) is 0 Å². The molecule has 3 fully saturated rings. The predicted octanol–water partition coefficient (Wildman–Crippen LogP) is 1.23. The van der Waals surface area contributed by atoms with Gasteiger partial charge in [0.15, 0.2) is 0 Å². The second-order valence-electron chi connectivity index (χ2n) is 8.48. The SMILES string of the molecule is CC(=O)O[C@H]1C[C@@H](C)[C@@H]2[C@@H](O)OC(=O)[C@@]3(C)CC(C)(C)[C@H]1[C@]23O. The molecule has 6 nitrogen and oxygen atoms in total. The molecule has 0 aromatic rings. The molecule has 0 bridgehead atoms. The fourth-order valence-corrected chi connectivity index (χ4v) is 5.92. The second-order valence-corrected chi connectivity index (χ2v) is 8.48. The number of carbonyl (C=O) groups excluding carboxylic acids is 2. The molecule has 130 valence electrons. The topological polar surface area (TPSA) is 93.1 Å². The highest BCUT2D eigenvalue weighted by Crippen LogP contribution is 2.69. The summed E-state index contributed by atoms with van der Waals surface area (Å²) in [6.45, 7) is 8.90. The first-order valence-electron chi connectivity index (χ1n) is 8.24. The minimum Gasteiger partial charge on any atom is -0.462 e. The van der Waals surface area contributed by atoms with Gasteiger partial charge in [0, 0.05) is 12.8 Å². The summed E-state index contributed by atoms with van der Waals surface area (Å²) < 4.78 is 10.7. The molecular formula is C17H26O6. The molecule has 0 aromatic heterocycles. The van der Waals surface area contributed by atoms with Crippen molar-refractivity contribution in [3.63, 3.8) is 0 Å². The lowest BCUT2D eigenvalue weighted by Gasteiger charge is -2.58. The van der Waals surface area contributed by atoms with Crippen molar-refractivity contribution in [2.45, 2.75) is 65.5 Å². The van der Waals surface area contributed by atoms with Crippen molar-refractivity contribution in [3.8, 4) is 0 Å². The molecule has 0 amide bonds. The van der Waals surface area contributed by atoms with Crippen molar-refractivity contribution in [2.75, 3.05) is 0 Å². The van der Waals surface area contributed by atoms with Crippen LogP contribution in [-0.4, -0.2) is 40.1 Å². The van der Waals surface area contributed by atoms with Crippen LogP contribution in [0.1, 0.15) is 47.5 Å². The van der Waals surface area contributed by atoms with Gasteiger partial charge in [-0.1, -0.05) is 20.8 Å². The van der Waals surface area contributed by atoms with Crippen LogP contribution in [0.25, 0.3) is 0 Å². The van der Waals surface area contributed by atoms with Crippen molar-refractivity contribution in [3.05, 3.63) is 0 Å². The summed E-state index contributed by atoms with van der Waals surface area (Å²) in [6.07, 6.45) is -0.845. The van der Waals surface area contributed by atoms with Gasteiger partial charge >= 0.3 is 11.9 Å². The van der Waals surface area contributed by atoms with Crippen LogP contribution in [0.15, 0.2) is 0 Å². The van der Waals surface area contributed by atoms with E-state index in [2.05, 4.69) is 0 Å².